The van der Waals surface area contributed by atoms with E-state index in [1.165, 1.54) is 6.07 Å². The highest BCUT2D eigenvalue weighted by atomic mass is 19.1. The van der Waals surface area contributed by atoms with Gasteiger partial charge >= 0.3 is 0 Å². The number of nitrogens with one attached hydrogen (secondary N) is 1. The first kappa shape index (κ1) is 18.1. The monoisotopic (exact) mass is 355 g/mol. The van der Waals surface area contributed by atoms with E-state index in [9.17, 15) is 14.0 Å². The number of Topliss-reactive ketones (excluding diaryl/α,β-unsaturated/α-hetero) is 1. The van der Waals surface area contributed by atoms with Crippen LogP contribution < -0.4 is 10.1 Å². The molecule has 1 aliphatic carbocycles. The lowest BCUT2D eigenvalue weighted by atomic mass is 9.97. The number of amides is 1. The Labute approximate surface area is 152 Å². The highest BCUT2D eigenvalue weighted by Gasteiger charge is 2.31. The molecule has 1 amide bonds. The van der Waals surface area contributed by atoms with E-state index in [1.807, 2.05) is 19.9 Å². The lowest BCUT2D eigenvalue weighted by molar-refractivity contribution is -0.123. The lowest BCUT2D eigenvalue weighted by Gasteiger charge is -2.13. The molecule has 0 saturated carbocycles. The van der Waals surface area contributed by atoms with Crippen molar-refractivity contribution in [3.63, 3.8) is 0 Å². The van der Waals surface area contributed by atoms with Crippen LogP contribution in [0.5, 0.6) is 5.75 Å². The van der Waals surface area contributed by atoms with Crippen molar-refractivity contribution in [2.75, 3.05) is 6.61 Å². The van der Waals surface area contributed by atoms with Crippen LogP contribution in [0.25, 0.3) is 0 Å². The maximum atomic E-state index is 13.5. The van der Waals surface area contributed by atoms with Crippen LogP contribution in [0.4, 0.5) is 4.39 Å². The third-order valence-electron chi connectivity index (χ3n) is 4.77. The predicted molar refractivity (Wildman–Crippen MR) is 97.0 cm³/mol. The van der Waals surface area contributed by atoms with Crippen LogP contribution in [0.1, 0.15) is 51.9 Å². The number of rotatable bonds is 5. The topological polar surface area (TPSA) is 55.4 Å². The van der Waals surface area contributed by atoms with Gasteiger partial charge in [0.2, 0.25) is 0 Å². The Morgan fingerprint density at radius 1 is 1.23 bits per heavy atom. The van der Waals surface area contributed by atoms with Gasteiger partial charge in [0.1, 0.15) is 11.6 Å². The van der Waals surface area contributed by atoms with Crippen LogP contribution in [0.15, 0.2) is 30.3 Å². The molecule has 0 heterocycles. The van der Waals surface area contributed by atoms with E-state index < -0.39 is 0 Å². The fraction of sp³-hybridized carbons (Fsp3) is 0.333. The minimum atomic E-state index is -0.321. The minimum absolute atomic E-state index is 0.0572. The molecule has 26 heavy (non-hydrogen) atoms. The smallest absolute Gasteiger partial charge is 0.258 e. The number of hydrogen-bond acceptors (Lipinski definition) is 3. The van der Waals surface area contributed by atoms with Crippen molar-refractivity contribution in [2.45, 2.75) is 39.7 Å². The van der Waals surface area contributed by atoms with Crippen LogP contribution in [0.2, 0.25) is 0 Å². The number of halogens is 1. The molecule has 0 aromatic heterocycles. The number of fused-ring (bicyclic) bond motifs is 1. The molecule has 0 aliphatic heterocycles. The molecule has 0 spiro atoms. The van der Waals surface area contributed by atoms with Gasteiger partial charge in [-0.1, -0.05) is 25.1 Å². The zero-order valence-corrected chi connectivity index (χ0v) is 15.2. The Morgan fingerprint density at radius 2 is 1.96 bits per heavy atom. The predicted octanol–water partition coefficient (Wildman–Crippen LogP) is 3.83. The molecule has 3 rings (SSSR count). The van der Waals surface area contributed by atoms with Gasteiger partial charge in [-0.05, 0) is 54.2 Å². The van der Waals surface area contributed by atoms with Crippen LogP contribution in [0.3, 0.4) is 0 Å². The normalized spacial score (nSPS) is 15.7. The van der Waals surface area contributed by atoms with E-state index in [2.05, 4.69) is 5.32 Å². The summed E-state index contributed by atoms with van der Waals surface area (Å²) in [5.41, 5.74) is 3.93. The van der Waals surface area contributed by atoms with Crippen molar-refractivity contribution in [3.8, 4) is 5.75 Å². The number of aryl methyl sites for hydroxylation is 2. The zero-order chi connectivity index (χ0) is 18.8. The molecule has 5 heteroatoms. The molecular formula is C21H22FNO3. The van der Waals surface area contributed by atoms with Crippen molar-refractivity contribution in [3.05, 3.63) is 64.0 Å². The molecule has 1 N–H and O–H groups in total. The van der Waals surface area contributed by atoms with Crippen LogP contribution in [-0.2, 0) is 11.3 Å². The minimum Gasteiger partial charge on any atom is -0.483 e. The second-order valence-electron chi connectivity index (χ2n) is 6.85. The van der Waals surface area contributed by atoms with Gasteiger partial charge in [-0.25, -0.2) is 4.39 Å². The maximum Gasteiger partial charge on any atom is 0.258 e. The molecular weight excluding hydrogens is 333 g/mol. The number of carbonyl (C=O) groups is 2. The molecule has 2 aromatic rings. The Morgan fingerprint density at radius 3 is 2.69 bits per heavy atom. The lowest BCUT2D eigenvalue weighted by Crippen LogP contribution is -2.28. The summed E-state index contributed by atoms with van der Waals surface area (Å²) in [7, 11) is 0. The van der Waals surface area contributed by atoms with Crippen LogP contribution >= 0.6 is 0 Å². The third-order valence-corrected chi connectivity index (χ3v) is 4.77. The number of benzene rings is 2. The number of carbonyl (C=O) groups excluding carboxylic acids is 2. The average molecular weight is 355 g/mol. The summed E-state index contributed by atoms with van der Waals surface area (Å²) < 4.78 is 19.1. The summed E-state index contributed by atoms with van der Waals surface area (Å²) in [4.78, 5) is 24.3. The summed E-state index contributed by atoms with van der Waals surface area (Å²) in [6, 6.07) is 8.51. The Balaban J connectivity index is 1.62. The summed E-state index contributed by atoms with van der Waals surface area (Å²) >= 11 is 0. The van der Waals surface area contributed by atoms with Gasteiger partial charge in [0.25, 0.3) is 5.91 Å². The number of hydrogen-bond donors (Lipinski definition) is 1. The number of ketones is 1. The van der Waals surface area contributed by atoms with Gasteiger partial charge < -0.3 is 10.1 Å². The van der Waals surface area contributed by atoms with Gasteiger partial charge in [0, 0.05) is 13.0 Å². The van der Waals surface area contributed by atoms with Crippen molar-refractivity contribution in [1.82, 2.24) is 5.32 Å². The first-order chi connectivity index (χ1) is 12.4. The molecule has 0 saturated heterocycles. The summed E-state index contributed by atoms with van der Waals surface area (Å²) in [5.74, 6) is 0.0687. The van der Waals surface area contributed by atoms with Gasteiger partial charge in [-0.2, -0.15) is 0 Å². The van der Waals surface area contributed by atoms with Crippen molar-refractivity contribution >= 4 is 11.7 Å². The van der Waals surface area contributed by atoms with E-state index in [1.54, 1.807) is 25.1 Å². The molecule has 136 valence electrons. The van der Waals surface area contributed by atoms with Crippen LogP contribution in [0, 0.1) is 19.7 Å². The van der Waals surface area contributed by atoms with Crippen LogP contribution in [-0.4, -0.2) is 18.3 Å². The van der Waals surface area contributed by atoms with Crippen molar-refractivity contribution in [2.24, 2.45) is 0 Å². The fourth-order valence-corrected chi connectivity index (χ4v) is 3.37. The quantitative estimate of drug-likeness (QED) is 0.887. The van der Waals surface area contributed by atoms with Crippen molar-refractivity contribution in [1.29, 1.82) is 0 Å². The third kappa shape index (κ3) is 3.62. The second kappa shape index (κ2) is 7.28. The number of ether oxygens (including phenoxy) is 1. The fourth-order valence-electron chi connectivity index (χ4n) is 3.37. The summed E-state index contributed by atoms with van der Waals surface area (Å²) in [5, 5.41) is 2.70. The first-order valence-corrected chi connectivity index (χ1v) is 8.68. The standard InChI is InChI=1S/C21H22FNO3/c1-12-4-6-15(9-16(12)22)10-23-19(25)11-26-18-7-5-13(2)20-14(3)8-17(24)21(18)20/h4-7,9,14H,8,10-11H2,1-3H3,(H,23,25). The van der Waals surface area contributed by atoms with Gasteiger partial charge in [0.15, 0.2) is 12.4 Å². The molecule has 0 radical (unpaired) electrons. The molecule has 1 atom stereocenters. The average Bonchev–Trinajstić information content (AvgIpc) is 2.91. The zero-order valence-electron chi connectivity index (χ0n) is 15.2. The highest BCUT2D eigenvalue weighted by molar-refractivity contribution is 6.04. The van der Waals surface area contributed by atoms with Gasteiger partial charge in [0.05, 0.1) is 5.56 Å². The molecule has 2 aromatic carbocycles. The molecule has 1 unspecified atom stereocenters. The van der Waals surface area contributed by atoms with Gasteiger partial charge in [-0.15, -0.1) is 0 Å². The van der Waals surface area contributed by atoms with E-state index in [0.29, 0.717) is 28.9 Å². The molecule has 4 nitrogen and oxygen atoms in total. The van der Waals surface area contributed by atoms with E-state index in [0.717, 1.165) is 11.1 Å². The van der Waals surface area contributed by atoms with E-state index in [-0.39, 0.29) is 36.6 Å². The van der Waals surface area contributed by atoms with E-state index >= 15 is 0 Å². The molecule has 0 fully saturated rings. The Hall–Kier alpha value is -2.69. The maximum absolute atomic E-state index is 13.5. The highest BCUT2D eigenvalue weighted by Crippen LogP contribution is 2.40. The van der Waals surface area contributed by atoms with E-state index in [4.69, 9.17) is 4.74 Å². The Bertz CT molecular complexity index is 876. The van der Waals surface area contributed by atoms with Crippen molar-refractivity contribution < 1.29 is 18.7 Å². The van der Waals surface area contributed by atoms with Gasteiger partial charge in [-0.3, -0.25) is 9.59 Å². The first-order valence-electron chi connectivity index (χ1n) is 8.68. The second-order valence-corrected chi connectivity index (χ2v) is 6.85. The molecule has 1 aliphatic rings. The molecule has 0 bridgehead atoms. The largest absolute Gasteiger partial charge is 0.483 e. The summed E-state index contributed by atoms with van der Waals surface area (Å²) in [6.45, 7) is 5.72. The SMILES string of the molecule is Cc1ccc(CNC(=O)COc2ccc(C)c3c2C(=O)CC3C)cc1F. The summed E-state index contributed by atoms with van der Waals surface area (Å²) in [6.07, 6.45) is 0.474. The Kier molecular flexibility index (Phi) is 5.07.